The van der Waals surface area contributed by atoms with Crippen LogP contribution in [0.4, 0.5) is 0 Å². The lowest BCUT2D eigenvalue weighted by Crippen LogP contribution is -2.10. The third kappa shape index (κ3) is 2.99. The smallest absolute Gasteiger partial charge is 0.134 e. The van der Waals surface area contributed by atoms with Crippen LogP contribution in [0.1, 0.15) is 23.8 Å². The van der Waals surface area contributed by atoms with Gasteiger partial charge in [0, 0.05) is 5.56 Å². The minimum absolute atomic E-state index is 0.769. The second-order valence-corrected chi connectivity index (χ2v) is 4.68. The van der Waals surface area contributed by atoms with Gasteiger partial charge in [0.2, 0.25) is 0 Å². The van der Waals surface area contributed by atoms with E-state index in [0.717, 1.165) is 47.0 Å². The van der Waals surface area contributed by atoms with Gasteiger partial charge in [0.05, 0.1) is 13.7 Å². The molecule has 0 amide bonds. The molecule has 102 valence electrons. The van der Waals surface area contributed by atoms with Crippen molar-refractivity contribution >= 4 is 0 Å². The van der Waals surface area contributed by atoms with Crippen LogP contribution in [0.3, 0.4) is 0 Å². The summed E-state index contributed by atoms with van der Waals surface area (Å²) >= 11 is 0. The van der Waals surface area contributed by atoms with Crippen molar-refractivity contribution in [3.8, 4) is 17.1 Å². The van der Waals surface area contributed by atoms with E-state index in [9.17, 15) is 0 Å². The van der Waals surface area contributed by atoms with Gasteiger partial charge in [0.25, 0.3) is 0 Å². The molecule has 0 aliphatic heterocycles. The summed E-state index contributed by atoms with van der Waals surface area (Å²) in [5, 5.41) is 3.26. The summed E-state index contributed by atoms with van der Waals surface area (Å²) < 4.78 is 11.2. The number of hydrogen-bond acceptors (Lipinski definition) is 3. The van der Waals surface area contributed by atoms with E-state index in [1.807, 2.05) is 19.1 Å². The Labute approximate surface area is 114 Å². The highest BCUT2D eigenvalue weighted by Gasteiger charge is 2.10. The summed E-state index contributed by atoms with van der Waals surface area (Å²) in [7, 11) is 1.70. The van der Waals surface area contributed by atoms with E-state index in [-0.39, 0.29) is 0 Å². The summed E-state index contributed by atoms with van der Waals surface area (Å²) in [5.41, 5.74) is 3.40. The summed E-state index contributed by atoms with van der Waals surface area (Å²) in [6.07, 6.45) is 0. The van der Waals surface area contributed by atoms with E-state index in [1.54, 1.807) is 7.11 Å². The van der Waals surface area contributed by atoms with E-state index in [1.165, 1.54) is 0 Å². The third-order valence-corrected chi connectivity index (χ3v) is 3.22. The highest BCUT2D eigenvalue weighted by molar-refractivity contribution is 5.65. The Bertz CT molecular complexity index is 558. The fourth-order valence-corrected chi connectivity index (χ4v) is 2.14. The molecular formula is C16H21NO2. The van der Waals surface area contributed by atoms with Gasteiger partial charge >= 0.3 is 0 Å². The van der Waals surface area contributed by atoms with Crippen LogP contribution in [0.2, 0.25) is 0 Å². The maximum absolute atomic E-state index is 5.88. The Hall–Kier alpha value is -1.74. The Morgan fingerprint density at radius 1 is 1.16 bits per heavy atom. The third-order valence-electron chi connectivity index (χ3n) is 3.22. The lowest BCUT2D eigenvalue weighted by Gasteiger charge is -2.09. The van der Waals surface area contributed by atoms with E-state index in [4.69, 9.17) is 9.15 Å². The standard InChI is InChI=1S/C16H21NO2/c1-5-17-10-13-6-7-15(19-13)14-8-12(3)16(18-4)9-11(14)2/h6-9,17H,5,10H2,1-4H3. The number of methoxy groups -OCH3 is 1. The highest BCUT2D eigenvalue weighted by Crippen LogP contribution is 2.31. The molecule has 0 radical (unpaired) electrons. The SMILES string of the molecule is CCNCc1ccc(-c2cc(C)c(OC)cc2C)o1. The lowest BCUT2D eigenvalue weighted by molar-refractivity contribution is 0.411. The molecule has 1 heterocycles. The molecule has 1 aromatic carbocycles. The van der Waals surface area contributed by atoms with Crippen LogP contribution >= 0.6 is 0 Å². The van der Waals surface area contributed by atoms with Crippen LogP contribution in [-0.4, -0.2) is 13.7 Å². The molecule has 0 unspecified atom stereocenters. The molecule has 1 N–H and O–H groups in total. The fraction of sp³-hybridized carbons (Fsp3) is 0.375. The number of rotatable bonds is 5. The lowest BCUT2D eigenvalue weighted by atomic mass is 10.0. The molecule has 3 heteroatoms. The van der Waals surface area contributed by atoms with Gasteiger partial charge in [-0.15, -0.1) is 0 Å². The molecule has 0 saturated carbocycles. The van der Waals surface area contributed by atoms with Crippen LogP contribution in [0.5, 0.6) is 5.75 Å². The zero-order chi connectivity index (χ0) is 13.8. The summed E-state index contributed by atoms with van der Waals surface area (Å²) in [5.74, 6) is 2.79. The van der Waals surface area contributed by atoms with Crippen molar-refractivity contribution in [1.82, 2.24) is 5.32 Å². The molecule has 19 heavy (non-hydrogen) atoms. The number of furan rings is 1. The van der Waals surface area contributed by atoms with Gasteiger partial charge in [-0.2, -0.15) is 0 Å². The average molecular weight is 259 g/mol. The maximum Gasteiger partial charge on any atom is 0.134 e. The molecule has 0 atom stereocenters. The number of hydrogen-bond donors (Lipinski definition) is 1. The van der Waals surface area contributed by atoms with Gasteiger partial charge in [-0.05, 0) is 55.8 Å². The van der Waals surface area contributed by atoms with Crippen LogP contribution in [0, 0.1) is 13.8 Å². The Morgan fingerprint density at radius 3 is 2.63 bits per heavy atom. The number of nitrogens with one attached hydrogen (secondary N) is 1. The van der Waals surface area contributed by atoms with Crippen molar-refractivity contribution in [1.29, 1.82) is 0 Å². The fourth-order valence-electron chi connectivity index (χ4n) is 2.14. The quantitative estimate of drug-likeness (QED) is 0.889. The first-order chi connectivity index (χ1) is 9.15. The van der Waals surface area contributed by atoms with Crippen molar-refractivity contribution in [3.63, 3.8) is 0 Å². The van der Waals surface area contributed by atoms with Crippen LogP contribution in [0.15, 0.2) is 28.7 Å². The normalized spacial score (nSPS) is 10.7. The molecule has 0 aliphatic rings. The first-order valence-electron chi connectivity index (χ1n) is 6.60. The zero-order valence-corrected chi connectivity index (χ0v) is 12.0. The number of aryl methyl sites for hydroxylation is 2. The molecule has 2 aromatic rings. The monoisotopic (exact) mass is 259 g/mol. The number of ether oxygens (including phenoxy) is 1. The topological polar surface area (TPSA) is 34.4 Å². The average Bonchev–Trinajstić information content (AvgIpc) is 2.87. The first-order valence-corrected chi connectivity index (χ1v) is 6.60. The molecule has 1 aromatic heterocycles. The predicted molar refractivity (Wildman–Crippen MR) is 77.6 cm³/mol. The Kier molecular flexibility index (Phi) is 4.27. The Balaban J connectivity index is 2.31. The van der Waals surface area contributed by atoms with E-state index in [2.05, 4.69) is 31.3 Å². The van der Waals surface area contributed by atoms with Crippen LogP contribution in [-0.2, 0) is 6.54 Å². The van der Waals surface area contributed by atoms with Crippen LogP contribution in [0.25, 0.3) is 11.3 Å². The maximum atomic E-state index is 5.88. The largest absolute Gasteiger partial charge is 0.496 e. The summed E-state index contributed by atoms with van der Waals surface area (Å²) in [4.78, 5) is 0. The molecule has 0 bridgehead atoms. The van der Waals surface area contributed by atoms with Crippen molar-refractivity contribution in [2.75, 3.05) is 13.7 Å². The predicted octanol–water partition coefficient (Wildman–Crippen LogP) is 3.68. The second kappa shape index (κ2) is 5.93. The zero-order valence-electron chi connectivity index (χ0n) is 12.0. The molecule has 3 nitrogen and oxygen atoms in total. The molecular weight excluding hydrogens is 238 g/mol. The first kappa shape index (κ1) is 13.7. The van der Waals surface area contributed by atoms with Crippen molar-refractivity contribution in [3.05, 3.63) is 41.2 Å². The van der Waals surface area contributed by atoms with Crippen molar-refractivity contribution in [2.45, 2.75) is 27.3 Å². The molecule has 0 saturated heterocycles. The molecule has 0 aliphatic carbocycles. The van der Waals surface area contributed by atoms with Crippen LogP contribution < -0.4 is 10.1 Å². The highest BCUT2D eigenvalue weighted by atomic mass is 16.5. The summed E-state index contributed by atoms with van der Waals surface area (Å²) in [6, 6.07) is 8.22. The van der Waals surface area contributed by atoms with E-state index >= 15 is 0 Å². The molecule has 0 spiro atoms. The van der Waals surface area contributed by atoms with Gasteiger partial charge < -0.3 is 14.5 Å². The van der Waals surface area contributed by atoms with Gasteiger partial charge in [-0.3, -0.25) is 0 Å². The molecule has 0 fully saturated rings. The van der Waals surface area contributed by atoms with E-state index in [0.29, 0.717) is 0 Å². The minimum Gasteiger partial charge on any atom is -0.496 e. The molecule has 2 rings (SSSR count). The van der Waals surface area contributed by atoms with Crippen molar-refractivity contribution in [2.24, 2.45) is 0 Å². The van der Waals surface area contributed by atoms with Gasteiger partial charge in [-0.1, -0.05) is 6.92 Å². The summed E-state index contributed by atoms with van der Waals surface area (Å²) in [6.45, 7) is 7.91. The number of benzene rings is 1. The van der Waals surface area contributed by atoms with E-state index < -0.39 is 0 Å². The van der Waals surface area contributed by atoms with Crippen molar-refractivity contribution < 1.29 is 9.15 Å². The minimum atomic E-state index is 0.769. The van der Waals surface area contributed by atoms with Gasteiger partial charge in [0.1, 0.15) is 17.3 Å². The Morgan fingerprint density at radius 2 is 1.95 bits per heavy atom. The second-order valence-electron chi connectivity index (χ2n) is 4.68. The van der Waals surface area contributed by atoms with Gasteiger partial charge in [-0.25, -0.2) is 0 Å². The van der Waals surface area contributed by atoms with Gasteiger partial charge in [0.15, 0.2) is 0 Å².